The van der Waals surface area contributed by atoms with Gasteiger partial charge in [0.1, 0.15) is 5.75 Å². The van der Waals surface area contributed by atoms with Crippen LogP contribution < -0.4 is 15.0 Å². The van der Waals surface area contributed by atoms with Crippen molar-refractivity contribution in [2.75, 3.05) is 31.0 Å². The van der Waals surface area contributed by atoms with Crippen LogP contribution in [0.15, 0.2) is 18.2 Å². The first kappa shape index (κ1) is 19.0. The number of hydrogen-bond donors (Lipinski definition) is 1. The van der Waals surface area contributed by atoms with Crippen LogP contribution in [0.2, 0.25) is 0 Å². The molecule has 0 aromatic heterocycles. The van der Waals surface area contributed by atoms with Crippen molar-refractivity contribution in [1.29, 1.82) is 0 Å². The van der Waals surface area contributed by atoms with Crippen LogP contribution in [0.1, 0.15) is 25.3 Å². The van der Waals surface area contributed by atoms with E-state index in [1.54, 1.807) is 7.05 Å². The smallest absolute Gasteiger partial charge is 0.410 e. The van der Waals surface area contributed by atoms with Gasteiger partial charge in [-0.25, -0.2) is 4.79 Å². The predicted molar refractivity (Wildman–Crippen MR) is 94.4 cm³/mol. The Morgan fingerprint density at radius 1 is 1.35 bits per heavy atom. The van der Waals surface area contributed by atoms with Gasteiger partial charge in [0, 0.05) is 26.8 Å². The highest BCUT2D eigenvalue weighted by Crippen LogP contribution is 2.25. The van der Waals surface area contributed by atoms with E-state index in [4.69, 9.17) is 4.74 Å². The average Bonchev–Trinajstić information content (AvgIpc) is 2.46. The minimum Gasteiger partial charge on any atom is -0.410 e. The maximum absolute atomic E-state index is 11.2. The van der Waals surface area contributed by atoms with E-state index in [2.05, 4.69) is 39.7 Å². The molecule has 0 bridgehead atoms. The number of hydrogen-bond acceptors (Lipinski definition) is 3. The van der Waals surface area contributed by atoms with Gasteiger partial charge in [-0.3, -0.25) is 0 Å². The zero-order chi connectivity index (χ0) is 15.5. The maximum Gasteiger partial charge on any atom is 0.412 e. The van der Waals surface area contributed by atoms with Crippen molar-refractivity contribution in [3.8, 4) is 5.75 Å². The molecule has 0 atom stereocenters. The number of anilines is 1. The maximum atomic E-state index is 11.2. The zero-order valence-corrected chi connectivity index (χ0v) is 15.2. The lowest BCUT2D eigenvalue weighted by atomic mass is 10.1. The van der Waals surface area contributed by atoms with Crippen LogP contribution in [0.3, 0.4) is 0 Å². The number of carbonyl (C=O) groups is 1. The van der Waals surface area contributed by atoms with Crippen LogP contribution in [-0.4, -0.2) is 32.2 Å². The Labute approximate surface area is 136 Å². The van der Waals surface area contributed by atoms with Gasteiger partial charge >= 0.3 is 6.09 Å². The van der Waals surface area contributed by atoms with E-state index >= 15 is 0 Å². The number of alkyl halides is 1. The van der Waals surface area contributed by atoms with Crippen LogP contribution in [0.25, 0.3) is 0 Å². The van der Waals surface area contributed by atoms with Crippen molar-refractivity contribution in [2.45, 2.75) is 26.2 Å². The van der Waals surface area contributed by atoms with Crippen molar-refractivity contribution in [1.82, 2.24) is 5.32 Å². The van der Waals surface area contributed by atoms with Crippen molar-refractivity contribution in [3.05, 3.63) is 23.8 Å². The third-order valence-corrected chi connectivity index (χ3v) is 2.75. The van der Waals surface area contributed by atoms with E-state index in [1.807, 2.05) is 37.2 Å². The van der Waals surface area contributed by atoms with E-state index in [1.165, 1.54) is 11.3 Å². The molecule has 1 amide bonds. The Morgan fingerprint density at radius 2 is 2.00 bits per heavy atom. The fourth-order valence-corrected chi connectivity index (χ4v) is 1.79. The summed E-state index contributed by atoms with van der Waals surface area (Å²) in [5.41, 5.74) is 2.39. The first-order valence-electron chi connectivity index (χ1n) is 6.66. The fraction of sp³-hybridized carbons (Fsp3) is 0.533. The highest BCUT2D eigenvalue weighted by Gasteiger charge is 2.08. The van der Waals surface area contributed by atoms with E-state index < -0.39 is 6.09 Å². The molecule has 1 rings (SSSR count). The quantitative estimate of drug-likeness (QED) is 0.611. The van der Waals surface area contributed by atoms with Crippen molar-refractivity contribution < 1.29 is 9.53 Å². The molecule has 0 saturated carbocycles. The summed E-state index contributed by atoms with van der Waals surface area (Å²) in [6.45, 7) is 2.17. The summed E-state index contributed by atoms with van der Waals surface area (Å²) in [5.74, 6) is 0.589. The minimum absolute atomic E-state index is 0.436. The van der Waals surface area contributed by atoms with Crippen LogP contribution in [0.4, 0.5) is 10.5 Å². The molecule has 114 valence electrons. The minimum atomic E-state index is -0.436. The summed E-state index contributed by atoms with van der Waals surface area (Å²) in [4.78, 5) is 15.2. The third-order valence-electron chi connectivity index (χ3n) is 2.75. The lowest BCUT2D eigenvalue weighted by Crippen LogP contribution is -2.22. The number of rotatable bonds is 5. The standard InChI is InChI=1S/C14H22N2O2.CH3I/c1-5-6-7-11-10-12(18-14(17)15-2)8-9-13(11)16(3)4;1-2/h8-10H,5-7H2,1-4H3,(H,15,17);1H3. The Morgan fingerprint density at radius 3 is 2.50 bits per heavy atom. The highest BCUT2D eigenvalue weighted by molar-refractivity contribution is 14.1. The Balaban J connectivity index is 0.00000172. The summed E-state index contributed by atoms with van der Waals surface area (Å²) < 4.78 is 5.15. The lowest BCUT2D eigenvalue weighted by molar-refractivity contribution is 0.203. The molecule has 0 fully saturated rings. The Hall–Kier alpha value is -0.980. The Bertz CT molecular complexity index is 409. The van der Waals surface area contributed by atoms with Crippen LogP contribution in [0, 0.1) is 0 Å². The van der Waals surface area contributed by atoms with Gasteiger partial charge in [-0.2, -0.15) is 0 Å². The van der Waals surface area contributed by atoms with Gasteiger partial charge in [-0.05, 0) is 41.5 Å². The molecule has 0 saturated heterocycles. The molecule has 0 unspecified atom stereocenters. The molecule has 1 N–H and O–H groups in total. The number of benzene rings is 1. The third kappa shape index (κ3) is 6.45. The molecule has 0 spiro atoms. The monoisotopic (exact) mass is 392 g/mol. The van der Waals surface area contributed by atoms with Crippen LogP contribution in [-0.2, 0) is 6.42 Å². The van der Waals surface area contributed by atoms with Crippen LogP contribution >= 0.6 is 22.6 Å². The summed E-state index contributed by atoms with van der Waals surface area (Å²) in [6.07, 6.45) is 2.83. The van der Waals surface area contributed by atoms with Crippen molar-refractivity contribution in [2.24, 2.45) is 0 Å². The number of carbonyl (C=O) groups excluding carboxylic acids is 1. The molecule has 0 radical (unpaired) electrons. The van der Waals surface area contributed by atoms with Crippen LogP contribution in [0.5, 0.6) is 5.75 Å². The summed E-state index contributed by atoms with van der Waals surface area (Å²) in [7, 11) is 5.59. The van der Waals surface area contributed by atoms with Gasteiger partial charge in [0.25, 0.3) is 0 Å². The topological polar surface area (TPSA) is 41.6 Å². The second-order valence-electron chi connectivity index (χ2n) is 4.43. The fourth-order valence-electron chi connectivity index (χ4n) is 1.79. The van der Waals surface area contributed by atoms with Gasteiger partial charge in [0.15, 0.2) is 0 Å². The number of amides is 1. The highest BCUT2D eigenvalue weighted by atomic mass is 127. The number of nitrogens with one attached hydrogen (secondary N) is 1. The molecule has 4 nitrogen and oxygen atoms in total. The van der Waals surface area contributed by atoms with E-state index in [-0.39, 0.29) is 0 Å². The lowest BCUT2D eigenvalue weighted by Gasteiger charge is -2.18. The molecule has 0 aliphatic heterocycles. The summed E-state index contributed by atoms with van der Waals surface area (Å²) >= 11 is 2.15. The molecule has 20 heavy (non-hydrogen) atoms. The van der Waals surface area contributed by atoms with Gasteiger partial charge in [0.2, 0.25) is 0 Å². The number of halogens is 1. The molecular weight excluding hydrogens is 367 g/mol. The molecule has 1 aromatic rings. The Kier molecular flexibility index (Phi) is 10.2. The second-order valence-corrected chi connectivity index (χ2v) is 4.43. The number of nitrogens with zero attached hydrogens (tertiary/aromatic N) is 1. The first-order valence-corrected chi connectivity index (χ1v) is 8.81. The van der Waals surface area contributed by atoms with Gasteiger partial charge in [-0.15, -0.1) is 0 Å². The zero-order valence-electron chi connectivity index (χ0n) is 13.0. The first-order chi connectivity index (χ1) is 9.58. The summed E-state index contributed by atoms with van der Waals surface area (Å²) in [6, 6.07) is 5.75. The molecule has 0 aliphatic rings. The van der Waals surface area contributed by atoms with E-state index in [0.717, 1.165) is 19.3 Å². The number of ether oxygens (including phenoxy) is 1. The van der Waals surface area contributed by atoms with E-state index in [9.17, 15) is 4.79 Å². The van der Waals surface area contributed by atoms with Gasteiger partial charge in [-0.1, -0.05) is 35.9 Å². The molecule has 0 heterocycles. The molecule has 1 aromatic carbocycles. The molecule has 5 heteroatoms. The number of aryl methyl sites for hydroxylation is 1. The number of unbranched alkanes of at least 4 members (excludes halogenated alkanes) is 1. The normalized spacial score (nSPS) is 9.30. The SMILES string of the molecule is CCCCc1cc(OC(=O)NC)ccc1N(C)C.CI. The van der Waals surface area contributed by atoms with Crippen molar-refractivity contribution >= 4 is 34.4 Å². The molecule has 0 aliphatic carbocycles. The largest absolute Gasteiger partial charge is 0.412 e. The van der Waals surface area contributed by atoms with Gasteiger partial charge in [0.05, 0.1) is 0 Å². The predicted octanol–water partition coefficient (Wildman–Crippen LogP) is 3.86. The van der Waals surface area contributed by atoms with E-state index in [0.29, 0.717) is 5.75 Å². The summed E-state index contributed by atoms with van der Waals surface area (Å²) in [5, 5.41) is 2.44. The average molecular weight is 392 g/mol. The van der Waals surface area contributed by atoms with Crippen molar-refractivity contribution in [3.63, 3.8) is 0 Å². The second kappa shape index (κ2) is 10.8. The molecular formula is C15H25IN2O2. The van der Waals surface area contributed by atoms with Gasteiger partial charge < -0.3 is 15.0 Å².